The highest BCUT2D eigenvalue weighted by Crippen LogP contribution is 2.33. The molecule has 0 fully saturated rings. The van der Waals surface area contributed by atoms with Crippen LogP contribution in [0.5, 0.6) is 11.5 Å². The van der Waals surface area contributed by atoms with Crippen molar-refractivity contribution in [2.75, 3.05) is 12.4 Å². The Hall–Kier alpha value is -4.50. The van der Waals surface area contributed by atoms with Gasteiger partial charge in [-0.05, 0) is 49.4 Å². The average molecular weight is 500 g/mol. The number of nitrogens with zero attached hydrogens (tertiary/aromatic N) is 2. The molecule has 1 N–H and O–H groups in total. The standard InChI is InChI=1S/C27H21N3O5S/c1-16-22(30-36-29-16)15-34-20-10-6-8-18(14-20)27(32)28-24-21-11-3-4-12-23(21)35-26(24)25(31)17-7-5-9-19(13-17)33-2/h3-14H,15H2,1-2H3,(H,28,32). The van der Waals surface area contributed by atoms with Gasteiger partial charge in [0, 0.05) is 16.5 Å². The van der Waals surface area contributed by atoms with E-state index in [0.717, 1.165) is 23.1 Å². The maximum absolute atomic E-state index is 13.4. The van der Waals surface area contributed by atoms with Crippen molar-refractivity contribution in [1.29, 1.82) is 0 Å². The zero-order valence-electron chi connectivity index (χ0n) is 19.5. The highest BCUT2D eigenvalue weighted by Gasteiger charge is 2.24. The number of aromatic nitrogens is 2. The Bertz CT molecular complexity index is 1570. The summed E-state index contributed by atoms with van der Waals surface area (Å²) >= 11 is 1.13. The second kappa shape index (κ2) is 10.0. The van der Waals surface area contributed by atoms with Crippen LogP contribution in [0.2, 0.25) is 0 Å². The number of methoxy groups -OCH3 is 1. The molecule has 0 aliphatic carbocycles. The topological polar surface area (TPSA) is 104 Å². The maximum atomic E-state index is 13.4. The summed E-state index contributed by atoms with van der Waals surface area (Å²) in [7, 11) is 1.53. The van der Waals surface area contributed by atoms with Crippen molar-refractivity contribution in [1.82, 2.24) is 8.75 Å². The molecule has 3 aromatic carbocycles. The lowest BCUT2D eigenvalue weighted by Crippen LogP contribution is -2.14. The van der Waals surface area contributed by atoms with Crippen LogP contribution in [0.4, 0.5) is 5.69 Å². The summed E-state index contributed by atoms with van der Waals surface area (Å²) in [6.45, 7) is 2.12. The molecule has 0 aliphatic rings. The Morgan fingerprint density at radius 1 is 0.944 bits per heavy atom. The van der Waals surface area contributed by atoms with Crippen molar-refractivity contribution in [2.45, 2.75) is 13.5 Å². The van der Waals surface area contributed by atoms with E-state index in [-0.39, 0.29) is 18.2 Å². The third kappa shape index (κ3) is 4.69. The van der Waals surface area contributed by atoms with Gasteiger partial charge in [0.25, 0.3) is 5.91 Å². The van der Waals surface area contributed by atoms with Crippen LogP contribution in [0.1, 0.15) is 37.9 Å². The molecule has 36 heavy (non-hydrogen) atoms. The number of furan rings is 1. The predicted octanol–water partition coefficient (Wildman–Crippen LogP) is 5.66. The van der Waals surface area contributed by atoms with Crippen LogP contribution in [-0.2, 0) is 6.61 Å². The van der Waals surface area contributed by atoms with Crippen LogP contribution in [-0.4, -0.2) is 27.5 Å². The van der Waals surface area contributed by atoms with E-state index in [1.54, 1.807) is 66.7 Å². The normalized spacial score (nSPS) is 10.8. The number of fused-ring (bicyclic) bond motifs is 1. The van der Waals surface area contributed by atoms with Gasteiger partial charge in [-0.15, -0.1) is 0 Å². The molecule has 2 aromatic heterocycles. The Morgan fingerprint density at radius 3 is 2.47 bits per heavy atom. The number of carbonyl (C=O) groups excluding carboxylic acids is 2. The number of hydrogen-bond donors (Lipinski definition) is 1. The van der Waals surface area contributed by atoms with E-state index < -0.39 is 5.91 Å². The number of rotatable bonds is 8. The average Bonchev–Trinajstić information content (AvgIpc) is 3.50. The van der Waals surface area contributed by atoms with E-state index in [9.17, 15) is 9.59 Å². The molecule has 0 saturated heterocycles. The quantitative estimate of drug-likeness (QED) is 0.275. The Morgan fingerprint density at radius 2 is 1.69 bits per heavy atom. The van der Waals surface area contributed by atoms with E-state index in [2.05, 4.69) is 14.1 Å². The number of aryl methyl sites for hydroxylation is 1. The molecule has 5 aromatic rings. The fourth-order valence-corrected chi connectivity index (χ4v) is 4.22. The molecule has 0 saturated carbocycles. The van der Waals surface area contributed by atoms with Gasteiger partial charge >= 0.3 is 0 Å². The van der Waals surface area contributed by atoms with Crippen LogP contribution in [0.15, 0.2) is 77.2 Å². The Balaban J connectivity index is 1.43. The van der Waals surface area contributed by atoms with E-state index >= 15 is 0 Å². The summed E-state index contributed by atoms with van der Waals surface area (Å²) in [6, 6.07) is 20.7. The SMILES string of the molecule is COc1cccc(C(=O)c2oc3ccccc3c2NC(=O)c2cccc(OCc3nsnc3C)c2)c1. The number of ether oxygens (including phenoxy) is 2. The molecule has 180 valence electrons. The number of carbonyl (C=O) groups is 2. The van der Waals surface area contributed by atoms with Crippen molar-refractivity contribution in [3.05, 3.63) is 101 Å². The molecule has 0 spiro atoms. The first-order chi connectivity index (χ1) is 17.5. The van der Waals surface area contributed by atoms with Gasteiger partial charge in [0.15, 0.2) is 5.76 Å². The molecule has 0 unspecified atom stereocenters. The molecule has 1 amide bonds. The minimum Gasteiger partial charge on any atom is -0.497 e. The van der Waals surface area contributed by atoms with Crippen LogP contribution in [0.3, 0.4) is 0 Å². The number of para-hydroxylation sites is 1. The molecule has 0 bridgehead atoms. The highest BCUT2D eigenvalue weighted by atomic mass is 32.1. The fourth-order valence-electron chi connectivity index (χ4n) is 3.67. The Labute approximate surface area is 210 Å². The van der Waals surface area contributed by atoms with Crippen LogP contribution >= 0.6 is 11.7 Å². The molecule has 0 aliphatic heterocycles. The molecule has 8 nitrogen and oxygen atoms in total. The molecule has 0 atom stereocenters. The van der Waals surface area contributed by atoms with Crippen molar-refractivity contribution >= 4 is 40.1 Å². The number of hydrogen-bond acceptors (Lipinski definition) is 8. The molecular formula is C27H21N3O5S. The molecule has 5 rings (SSSR count). The summed E-state index contributed by atoms with van der Waals surface area (Å²) in [5, 5.41) is 3.50. The first kappa shape index (κ1) is 23.3. The smallest absolute Gasteiger partial charge is 0.255 e. The minimum atomic E-state index is -0.404. The Kier molecular flexibility index (Phi) is 6.46. The monoisotopic (exact) mass is 499 g/mol. The number of anilines is 1. The second-order valence-electron chi connectivity index (χ2n) is 7.93. The van der Waals surface area contributed by atoms with Gasteiger partial charge in [-0.25, -0.2) is 0 Å². The molecular weight excluding hydrogens is 478 g/mol. The number of ketones is 1. The van der Waals surface area contributed by atoms with Crippen molar-refractivity contribution < 1.29 is 23.5 Å². The fraction of sp³-hybridized carbons (Fsp3) is 0.111. The van der Waals surface area contributed by atoms with Gasteiger partial charge in [0.1, 0.15) is 29.4 Å². The van der Waals surface area contributed by atoms with E-state index in [0.29, 0.717) is 39.3 Å². The lowest BCUT2D eigenvalue weighted by molar-refractivity contribution is 0.101. The summed E-state index contributed by atoms with van der Waals surface area (Å²) in [6.07, 6.45) is 0. The first-order valence-corrected chi connectivity index (χ1v) is 11.8. The molecule has 9 heteroatoms. The molecule has 2 heterocycles. The maximum Gasteiger partial charge on any atom is 0.255 e. The second-order valence-corrected chi connectivity index (χ2v) is 8.46. The predicted molar refractivity (Wildman–Crippen MR) is 136 cm³/mol. The number of amides is 1. The van der Waals surface area contributed by atoms with Crippen molar-refractivity contribution in [2.24, 2.45) is 0 Å². The zero-order valence-corrected chi connectivity index (χ0v) is 20.3. The van der Waals surface area contributed by atoms with E-state index in [1.165, 1.54) is 7.11 Å². The van der Waals surface area contributed by atoms with Crippen LogP contribution in [0.25, 0.3) is 11.0 Å². The van der Waals surface area contributed by atoms with Gasteiger partial charge in [0.2, 0.25) is 5.78 Å². The zero-order chi connectivity index (χ0) is 25.1. The van der Waals surface area contributed by atoms with Crippen LogP contribution in [0, 0.1) is 6.92 Å². The number of benzene rings is 3. The van der Waals surface area contributed by atoms with Gasteiger partial charge in [-0.1, -0.05) is 30.3 Å². The third-order valence-corrected chi connectivity index (χ3v) is 6.25. The van der Waals surface area contributed by atoms with E-state index in [4.69, 9.17) is 13.9 Å². The third-order valence-electron chi connectivity index (χ3n) is 5.59. The van der Waals surface area contributed by atoms with Gasteiger partial charge in [0.05, 0.1) is 30.2 Å². The van der Waals surface area contributed by atoms with E-state index in [1.807, 2.05) is 13.0 Å². The molecule has 0 radical (unpaired) electrons. The summed E-state index contributed by atoms with van der Waals surface area (Å²) in [4.78, 5) is 26.6. The van der Waals surface area contributed by atoms with Gasteiger partial charge in [-0.3, -0.25) is 9.59 Å². The van der Waals surface area contributed by atoms with Gasteiger partial charge < -0.3 is 19.2 Å². The van der Waals surface area contributed by atoms with Crippen molar-refractivity contribution in [3.63, 3.8) is 0 Å². The minimum absolute atomic E-state index is 0.0386. The first-order valence-electron chi connectivity index (χ1n) is 11.1. The van der Waals surface area contributed by atoms with Crippen LogP contribution < -0.4 is 14.8 Å². The number of nitrogens with one attached hydrogen (secondary N) is 1. The summed E-state index contributed by atoms with van der Waals surface area (Å²) in [5.74, 6) is 0.322. The lowest BCUT2D eigenvalue weighted by Gasteiger charge is -2.09. The van der Waals surface area contributed by atoms with Crippen molar-refractivity contribution in [3.8, 4) is 11.5 Å². The largest absolute Gasteiger partial charge is 0.497 e. The summed E-state index contributed by atoms with van der Waals surface area (Å²) in [5.41, 5.74) is 3.11. The summed E-state index contributed by atoms with van der Waals surface area (Å²) < 4.78 is 25.3. The highest BCUT2D eigenvalue weighted by molar-refractivity contribution is 6.99. The van der Waals surface area contributed by atoms with Gasteiger partial charge in [-0.2, -0.15) is 8.75 Å². The lowest BCUT2D eigenvalue weighted by atomic mass is 10.1.